The average Bonchev–Trinajstić information content (AvgIpc) is 2.91. The van der Waals surface area contributed by atoms with E-state index in [4.69, 9.17) is 9.47 Å². The molecule has 0 saturated carbocycles. The van der Waals surface area contributed by atoms with Crippen LogP contribution in [0.2, 0.25) is 0 Å². The Labute approximate surface area is 129 Å². The van der Waals surface area contributed by atoms with Gasteiger partial charge in [-0.3, -0.25) is 9.88 Å². The first kappa shape index (κ1) is 16.0. The third-order valence-corrected chi connectivity index (χ3v) is 3.15. The molecule has 0 spiro atoms. The van der Waals surface area contributed by atoms with E-state index in [-0.39, 0.29) is 0 Å². The highest BCUT2D eigenvalue weighted by atomic mass is 16.6. The highest BCUT2D eigenvalue weighted by Crippen LogP contribution is 2.31. The molecule has 118 valence electrons. The normalized spacial score (nSPS) is 17.9. The number of hydrogen-bond acceptors (Lipinski definition) is 5. The fourth-order valence-electron chi connectivity index (χ4n) is 2.19. The Morgan fingerprint density at radius 3 is 2.64 bits per heavy atom. The molecule has 1 aliphatic rings. The molecule has 1 amide bonds. The fourth-order valence-corrected chi connectivity index (χ4v) is 2.19. The van der Waals surface area contributed by atoms with Crippen LogP contribution in [0.25, 0.3) is 5.57 Å². The van der Waals surface area contributed by atoms with Crippen molar-refractivity contribution in [3.05, 3.63) is 36.3 Å². The molecule has 0 saturated heterocycles. The summed E-state index contributed by atoms with van der Waals surface area (Å²) in [5.41, 5.74) is 1.07. The van der Waals surface area contributed by atoms with E-state index in [0.717, 1.165) is 11.1 Å². The maximum atomic E-state index is 12.3. The van der Waals surface area contributed by atoms with Crippen molar-refractivity contribution in [3.63, 3.8) is 0 Å². The summed E-state index contributed by atoms with van der Waals surface area (Å²) in [5.74, 6) is -0.471. The molecule has 0 fully saturated rings. The van der Waals surface area contributed by atoms with Gasteiger partial charge in [-0.2, -0.15) is 0 Å². The summed E-state index contributed by atoms with van der Waals surface area (Å²) in [7, 11) is 1.30. The lowest BCUT2D eigenvalue weighted by molar-refractivity contribution is -0.145. The maximum Gasteiger partial charge on any atom is 0.415 e. The molecular formula is C16H20N2O4. The van der Waals surface area contributed by atoms with E-state index in [0.29, 0.717) is 6.42 Å². The number of pyridine rings is 1. The molecule has 1 aromatic heterocycles. The van der Waals surface area contributed by atoms with Crippen molar-refractivity contribution in [2.75, 3.05) is 7.11 Å². The van der Waals surface area contributed by atoms with Crippen molar-refractivity contribution in [2.45, 2.75) is 38.8 Å². The summed E-state index contributed by atoms with van der Waals surface area (Å²) >= 11 is 0. The second kappa shape index (κ2) is 6.17. The van der Waals surface area contributed by atoms with Crippen LogP contribution in [0.5, 0.6) is 0 Å². The van der Waals surface area contributed by atoms with E-state index in [1.54, 1.807) is 45.4 Å². The van der Waals surface area contributed by atoms with Gasteiger partial charge in [0, 0.05) is 25.0 Å². The van der Waals surface area contributed by atoms with Gasteiger partial charge >= 0.3 is 12.1 Å². The van der Waals surface area contributed by atoms with Gasteiger partial charge in [-0.25, -0.2) is 9.59 Å². The minimum Gasteiger partial charge on any atom is -0.467 e. The average molecular weight is 304 g/mol. The van der Waals surface area contributed by atoms with Gasteiger partial charge < -0.3 is 9.47 Å². The second-order valence-corrected chi connectivity index (χ2v) is 6.03. The first-order chi connectivity index (χ1) is 10.3. The number of hydrogen-bond donors (Lipinski definition) is 0. The topological polar surface area (TPSA) is 68.7 Å². The Bertz CT molecular complexity index is 590. The zero-order valence-corrected chi connectivity index (χ0v) is 13.2. The van der Waals surface area contributed by atoms with E-state index in [9.17, 15) is 9.59 Å². The summed E-state index contributed by atoms with van der Waals surface area (Å²) in [5, 5.41) is 0. The van der Waals surface area contributed by atoms with Gasteiger partial charge in [-0.05, 0) is 38.0 Å². The zero-order chi connectivity index (χ0) is 16.3. The van der Waals surface area contributed by atoms with Crippen molar-refractivity contribution in [3.8, 4) is 0 Å². The lowest BCUT2D eigenvalue weighted by Gasteiger charge is -2.26. The van der Waals surface area contributed by atoms with Crippen molar-refractivity contribution in [2.24, 2.45) is 0 Å². The van der Waals surface area contributed by atoms with Gasteiger partial charge in [0.25, 0.3) is 0 Å². The Kier molecular flexibility index (Phi) is 4.49. The van der Waals surface area contributed by atoms with Crippen LogP contribution in [0.3, 0.4) is 0 Å². The van der Waals surface area contributed by atoms with Crippen molar-refractivity contribution in [1.29, 1.82) is 0 Å². The van der Waals surface area contributed by atoms with Crippen LogP contribution in [0.4, 0.5) is 4.79 Å². The minimum atomic E-state index is -0.713. The minimum absolute atomic E-state index is 0.373. The van der Waals surface area contributed by atoms with Crippen LogP contribution < -0.4 is 0 Å². The Hall–Kier alpha value is -2.37. The van der Waals surface area contributed by atoms with Crippen LogP contribution in [-0.4, -0.2) is 40.7 Å². The number of amides is 1. The molecule has 22 heavy (non-hydrogen) atoms. The SMILES string of the molecule is COC(=O)[C@H]1CC(c2cccnc2)=CN1C(=O)OC(C)(C)C. The largest absolute Gasteiger partial charge is 0.467 e. The van der Waals surface area contributed by atoms with E-state index in [2.05, 4.69) is 4.98 Å². The summed E-state index contributed by atoms with van der Waals surface area (Å²) in [4.78, 5) is 29.6. The first-order valence-electron chi connectivity index (χ1n) is 7.02. The Balaban J connectivity index is 2.27. The first-order valence-corrected chi connectivity index (χ1v) is 7.02. The highest BCUT2D eigenvalue weighted by molar-refractivity contribution is 5.88. The van der Waals surface area contributed by atoms with Gasteiger partial charge in [0.15, 0.2) is 0 Å². The number of carbonyl (C=O) groups is 2. The quantitative estimate of drug-likeness (QED) is 0.786. The molecule has 6 nitrogen and oxygen atoms in total. The Morgan fingerprint density at radius 2 is 2.09 bits per heavy atom. The molecule has 0 aliphatic carbocycles. The molecule has 0 N–H and O–H groups in total. The van der Waals surface area contributed by atoms with Crippen molar-refractivity contribution < 1.29 is 19.1 Å². The Morgan fingerprint density at radius 1 is 1.36 bits per heavy atom. The van der Waals surface area contributed by atoms with Crippen LogP contribution in [-0.2, 0) is 14.3 Å². The summed E-state index contributed by atoms with van der Waals surface area (Å²) < 4.78 is 10.1. The predicted octanol–water partition coefficient (Wildman–Crippen LogP) is 2.60. The number of esters is 1. The molecule has 0 radical (unpaired) electrons. The van der Waals surface area contributed by atoms with Gasteiger partial charge in [0.2, 0.25) is 0 Å². The standard InChI is InChI=1S/C16H20N2O4/c1-16(2,3)22-15(20)18-10-12(8-13(18)14(19)21-4)11-6-5-7-17-9-11/h5-7,9-10,13H,8H2,1-4H3/t13-/m1/s1. The lowest BCUT2D eigenvalue weighted by atomic mass is 10.0. The molecule has 1 aromatic rings. The van der Waals surface area contributed by atoms with Gasteiger partial charge in [-0.1, -0.05) is 6.07 Å². The number of nitrogens with zero attached hydrogens (tertiary/aromatic N) is 2. The molecule has 0 bridgehead atoms. The molecule has 2 heterocycles. The third kappa shape index (κ3) is 3.63. The predicted molar refractivity (Wildman–Crippen MR) is 80.7 cm³/mol. The van der Waals surface area contributed by atoms with Gasteiger partial charge in [-0.15, -0.1) is 0 Å². The van der Waals surface area contributed by atoms with Gasteiger partial charge in [0.1, 0.15) is 11.6 Å². The highest BCUT2D eigenvalue weighted by Gasteiger charge is 2.38. The summed E-state index contributed by atoms with van der Waals surface area (Å²) in [6.07, 6.45) is 4.80. The molecular weight excluding hydrogens is 284 g/mol. The van der Waals surface area contributed by atoms with Crippen LogP contribution >= 0.6 is 0 Å². The molecule has 6 heteroatoms. The lowest BCUT2D eigenvalue weighted by Crippen LogP contribution is -2.42. The number of rotatable bonds is 2. The smallest absolute Gasteiger partial charge is 0.415 e. The van der Waals surface area contributed by atoms with Gasteiger partial charge in [0.05, 0.1) is 7.11 Å². The third-order valence-electron chi connectivity index (χ3n) is 3.15. The molecule has 2 rings (SSSR count). The van der Waals surface area contributed by atoms with E-state index in [1.165, 1.54) is 12.0 Å². The number of carbonyl (C=O) groups excluding carboxylic acids is 2. The molecule has 0 unspecified atom stereocenters. The van der Waals surface area contributed by atoms with E-state index < -0.39 is 23.7 Å². The molecule has 0 aromatic carbocycles. The molecule has 1 aliphatic heterocycles. The number of aromatic nitrogens is 1. The summed E-state index contributed by atoms with van der Waals surface area (Å²) in [6, 6.07) is 2.97. The van der Waals surface area contributed by atoms with Crippen LogP contribution in [0.15, 0.2) is 30.7 Å². The number of methoxy groups -OCH3 is 1. The van der Waals surface area contributed by atoms with E-state index >= 15 is 0 Å². The fraction of sp³-hybridized carbons (Fsp3) is 0.438. The maximum absolute atomic E-state index is 12.3. The van der Waals surface area contributed by atoms with Crippen molar-refractivity contribution in [1.82, 2.24) is 9.88 Å². The van der Waals surface area contributed by atoms with Crippen LogP contribution in [0, 0.1) is 0 Å². The zero-order valence-electron chi connectivity index (χ0n) is 13.2. The monoisotopic (exact) mass is 304 g/mol. The molecule has 1 atom stereocenters. The van der Waals surface area contributed by atoms with Crippen LogP contribution in [0.1, 0.15) is 32.8 Å². The van der Waals surface area contributed by atoms with Crippen molar-refractivity contribution >= 4 is 17.6 Å². The summed E-state index contributed by atoms with van der Waals surface area (Å²) in [6.45, 7) is 5.33. The second-order valence-electron chi connectivity index (χ2n) is 6.03. The van der Waals surface area contributed by atoms with E-state index in [1.807, 2.05) is 6.07 Å². The number of ether oxygens (including phenoxy) is 2.